The van der Waals surface area contributed by atoms with Crippen LogP contribution in [0, 0.1) is 0 Å². The molecule has 1 aliphatic heterocycles. The van der Waals surface area contributed by atoms with Gasteiger partial charge >= 0.3 is 6.36 Å². The summed E-state index contributed by atoms with van der Waals surface area (Å²) in [7, 11) is 1.80. The van der Waals surface area contributed by atoms with Crippen LogP contribution in [0.3, 0.4) is 0 Å². The molecule has 0 aliphatic carbocycles. The van der Waals surface area contributed by atoms with Gasteiger partial charge in [0, 0.05) is 37.3 Å². The first kappa shape index (κ1) is 19.9. The minimum Gasteiger partial charge on any atom is -0.406 e. The van der Waals surface area contributed by atoms with Crippen LogP contribution in [0.1, 0.15) is 31.1 Å². The first-order valence-corrected chi connectivity index (χ1v) is 8.59. The number of aryl methyl sites for hydroxylation is 1. The number of rotatable bonds is 5. The third-order valence-corrected chi connectivity index (χ3v) is 4.03. The van der Waals surface area contributed by atoms with Crippen LogP contribution in [0.2, 0.25) is 0 Å². The lowest BCUT2D eigenvalue weighted by atomic mass is 10.0. The van der Waals surface area contributed by atoms with Crippen molar-refractivity contribution in [2.45, 2.75) is 32.0 Å². The van der Waals surface area contributed by atoms with E-state index in [-0.39, 0.29) is 12.3 Å². The van der Waals surface area contributed by atoms with Gasteiger partial charge in [-0.05, 0) is 49.8 Å². The second kappa shape index (κ2) is 7.31. The van der Waals surface area contributed by atoms with Crippen LogP contribution in [-0.4, -0.2) is 44.5 Å². The highest BCUT2D eigenvalue weighted by atomic mass is 19.4. The van der Waals surface area contributed by atoms with Crippen molar-refractivity contribution in [3.8, 4) is 5.75 Å². The lowest BCUT2D eigenvalue weighted by molar-refractivity contribution is -0.274. The Morgan fingerprint density at radius 2 is 1.86 bits per heavy atom. The summed E-state index contributed by atoms with van der Waals surface area (Å²) in [6.07, 6.45) is 1.79. The molecule has 1 atom stereocenters. The van der Waals surface area contributed by atoms with E-state index < -0.39 is 18.1 Å². The Morgan fingerprint density at radius 1 is 1.18 bits per heavy atom. The molecule has 0 saturated heterocycles. The summed E-state index contributed by atoms with van der Waals surface area (Å²) in [6.45, 7) is 3.63. The number of aliphatic imine (C=N–C) groups is 1. The summed E-state index contributed by atoms with van der Waals surface area (Å²) in [6, 6.07) is 5.61. The zero-order valence-electron chi connectivity index (χ0n) is 15.7. The van der Waals surface area contributed by atoms with Gasteiger partial charge in [0.15, 0.2) is 0 Å². The van der Waals surface area contributed by atoms with Crippen LogP contribution >= 0.6 is 0 Å². The van der Waals surface area contributed by atoms with E-state index in [4.69, 9.17) is 0 Å². The summed E-state index contributed by atoms with van der Waals surface area (Å²) < 4.78 is 42.8. The third-order valence-electron chi connectivity index (χ3n) is 4.03. The molecule has 2 heterocycles. The average Bonchev–Trinajstić information content (AvgIpc) is 2.99. The van der Waals surface area contributed by atoms with E-state index in [2.05, 4.69) is 14.8 Å². The Hall–Kier alpha value is -2.81. The zero-order chi connectivity index (χ0) is 20.5. The number of β-amino-alcohol motifs (C(OH)–C–C–N with tert-alkyl or cyclic N) is 1. The van der Waals surface area contributed by atoms with Crippen LogP contribution in [0.15, 0.2) is 47.7 Å². The molecule has 0 radical (unpaired) electrons. The molecule has 0 spiro atoms. The van der Waals surface area contributed by atoms with Gasteiger partial charge in [0.2, 0.25) is 0 Å². The van der Waals surface area contributed by atoms with Gasteiger partial charge in [0.1, 0.15) is 11.9 Å². The topological polar surface area (TPSA) is 62.9 Å². The summed E-state index contributed by atoms with van der Waals surface area (Å²) >= 11 is 0. The molecule has 0 saturated carbocycles. The zero-order valence-corrected chi connectivity index (χ0v) is 15.7. The maximum Gasteiger partial charge on any atom is 0.573 e. The summed E-state index contributed by atoms with van der Waals surface area (Å²) in [5, 5.41) is 14.6. The van der Waals surface area contributed by atoms with Crippen molar-refractivity contribution in [2.75, 3.05) is 6.54 Å². The number of hydrogen-bond acceptors (Lipinski definition) is 5. The number of hydrogen-bond donors (Lipinski definition) is 1. The van der Waals surface area contributed by atoms with Crippen molar-refractivity contribution in [3.63, 3.8) is 0 Å². The number of alkyl halides is 3. The van der Waals surface area contributed by atoms with Crippen molar-refractivity contribution < 1.29 is 23.0 Å². The van der Waals surface area contributed by atoms with Crippen LogP contribution in [-0.2, 0) is 7.05 Å². The Morgan fingerprint density at radius 3 is 2.39 bits per heavy atom. The van der Waals surface area contributed by atoms with E-state index in [1.54, 1.807) is 56.2 Å². The van der Waals surface area contributed by atoms with E-state index in [1.165, 1.54) is 12.1 Å². The quantitative estimate of drug-likeness (QED) is 0.843. The standard InChI is InChI=1S/C19H21F3N4O2/c1-18(2,27)12-26-16(8-9-23-17(26)14-10-24-25(3)11-14)13-4-6-15(7-5-13)28-19(20,21)22/h4-11,17,27H,12H2,1-3H3. The van der Waals surface area contributed by atoms with Crippen LogP contribution in [0.4, 0.5) is 13.2 Å². The first-order chi connectivity index (χ1) is 13.0. The van der Waals surface area contributed by atoms with Crippen molar-refractivity contribution in [1.82, 2.24) is 14.7 Å². The van der Waals surface area contributed by atoms with E-state index in [9.17, 15) is 18.3 Å². The number of ether oxygens (including phenoxy) is 1. The normalized spacial score (nSPS) is 17.6. The van der Waals surface area contributed by atoms with Crippen molar-refractivity contribution in [2.24, 2.45) is 12.0 Å². The largest absolute Gasteiger partial charge is 0.573 e. The number of benzene rings is 1. The van der Waals surface area contributed by atoms with Crippen molar-refractivity contribution in [3.05, 3.63) is 53.9 Å². The number of nitrogens with zero attached hydrogens (tertiary/aromatic N) is 4. The highest BCUT2D eigenvalue weighted by Gasteiger charge is 2.32. The fourth-order valence-corrected chi connectivity index (χ4v) is 3.02. The Labute approximate surface area is 160 Å². The van der Waals surface area contributed by atoms with Gasteiger partial charge in [-0.15, -0.1) is 13.2 Å². The minimum atomic E-state index is -4.74. The molecule has 0 fully saturated rings. The number of aliphatic hydroxyl groups is 1. The van der Waals surface area contributed by atoms with Gasteiger partial charge < -0.3 is 14.7 Å². The second-order valence-corrected chi connectivity index (χ2v) is 7.18. The molecule has 1 aromatic heterocycles. The number of allylic oxidation sites excluding steroid dienone is 1. The molecular weight excluding hydrogens is 373 g/mol. The Balaban J connectivity index is 1.93. The van der Waals surface area contributed by atoms with Gasteiger partial charge in [0.25, 0.3) is 0 Å². The average molecular weight is 394 g/mol. The molecule has 150 valence electrons. The summed E-state index contributed by atoms with van der Waals surface area (Å²) in [5.74, 6) is -0.292. The molecule has 3 rings (SSSR count). The number of halogens is 3. The fraction of sp³-hybridized carbons (Fsp3) is 0.368. The molecule has 1 unspecified atom stereocenters. The molecule has 1 aromatic carbocycles. The van der Waals surface area contributed by atoms with E-state index in [0.29, 0.717) is 5.56 Å². The molecule has 2 aromatic rings. The van der Waals surface area contributed by atoms with E-state index in [1.807, 2.05) is 11.1 Å². The second-order valence-electron chi connectivity index (χ2n) is 7.18. The van der Waals surface area contributed by atoms with Gasteiger partial charge in [-0.3, -0.25) is 9.67 Å². The van der Waals surface area contributed by atoms with Gasteiger partial charge in [-0.2, -0.15) is 5.10 Å². The van der Waals surface area contributed by atoms with Gasteiger partial charge in [0.05, 0.1) is 11.8 Å². The predicted molar refractivity (Wildman–Crippen MR) is 98.5 cm³/mol. The summed E-state index contributed by atoms with van der Waals surface area (Å²) in [5.41, 5.74) is 1.22. The smallest absolute Gasteiger partial charge is 0.406 e. The maximum atomic E-state index is 12.4. The molecule has 6 nitrogen and oxygen atoms in total. The van der Waals surface area contributed by atoms with Crippen molar-refractivity contribution in [1.29, 1.82) is 0 Å². The van der Waals surface area contributed by atoms with Crippen LogP contribution in [0.5, 0.6) is 5.75 Å². The van der Waals surface area contributed by atoms with Crippen LogP contribution < -0.4 is 4.74 Å². The number of aromatic nitrogens is 2. The maximum absolute atomic E-state index is 12.4. The molecule has 1 aliphatic rings. The fourth-order valence-electron chi connectivity index (χ4n) is 3.02. The highest BCUT2D eigenvalue weighted by Crippen LogP contribution is 2.35. The van der Waals surface area contributed by atoms with Gasteiger partial charge in [-0.1, -0.05) is 0 Å². The SMILES string of the molecule is Cn1cc(C2N=CC=C(c3ccc(OC(F)(F)F)cc3)N2CC(C)(C)O)cn1. The molecule has 28 heavy (non-hydrogen) atoms. The molecular formula is C19H21F3N4O2. The monoisotopic (exact) mass is 394 g/mol. The molecule has 1 N–H and O–H groups in total. The summed E-state index contributed by atoms with van der Waals surface area (Å²) in [4.78, 5) is 6.41. The minimum absolute atomic E-state index is 0.260. The van der Waals surface area contributed by atoms with Crippen molar-refractivity contribution >= 4 is 11.9 Å². The lowest BCUT2D eigenvalue weighted by Gasteiger charge is -2.38. The Kier molecular flexibility index (Phi) is 5.20. The van der Waals surface area contributed by atoms with E-state index in [0.717, 1.165) is 11.3 Å². The highest BCUT2D eigenvalue weighted by molar-refractivity contribution is 5.86. The lowest BCUT2D eigenvalue weighted by Crippen LogP contribution is -2.40. The first-order valence-electron chi connectivity index (χ1n) is 8.59. The van der Waals surface area contributed by atoms with Crippen LogP contribution in [0.25, 0.3) is 5.70 Å². The molecule has 0 amide bonds. The van der Waals surface area contributed by atoms with Gasteiger partial charge in [-0.25, -0.2) is 0 Å². The van der Waals surface area contributed by atoms with E-state index >= 15 is 0 Å². The predicted octanol–water partition coefficient (Wildman–Crippen LogP) is 3.52. The molecule has 0 bridgehead atoms. The Bertz CT molecular complexity index is 880. The third kappa shape index (κ3) is 4.92. The molecule has 9 heteroatoms.